The first-order valence-electron chi connectivity index (χ1n) is 6.62. The summed E-state index contributed by atoms with van der Waals surface area (Å²) in [6, 6.07) is 0. The molecule has 2 heterocycles. The van der Waals surface area contributed by atoms with E-state index in [4.69, 9.17) is 4.98 Å². The highest BCUT2D eigenvalue weighted by Crippen LogP contribution is 2.29. The molecule has 0 saturated carbocycles. The Bertz CT molecular complexity index is 375. The molecule has 1 atom stereocenters. The van der Waals surface area contributed by atoms with E-state index in [0.717, 1.165) is 31.2 Å². The number of aryl methyl sites for hydroxylation is 1. The first-order valence-corrected chi connectivity index (χ1v) is 6.62. The van der Waals surface area contributed by atoms with Gasteiger partial charge in [-0.25, -0.2) is 4.98 Å². The molecule has 4 heteroatoms. The van der Waals surface area contributed by atoms with Gasteiger partial charge in [-0.1, -0.05) is 20.8 Å². The van der Waals surface area contributed by atoms with Gasteiger partial charge in [-0.15, -0.1) is 0 Å². The Hall–Kier alpha value is -0.900. The lowest BCUT2D eigenvalue weighted by Gasteiger charge is -2.32. The van der Waals surface area contributed by atoms with Gasteiger partial charge < -0.3 is 5.32 Å². The second-order valence-electron chi connectivity index (χ2n) is 5.91. The van der Waals surface area contributed by atoms with Gasteiger partial charge >= 0.3 is 0 Å². The number of hydrogen-bond acceptors (Lipinski definition) is 3. The van der Waals surface area contributed by atoms with Crippen LogP contribution in [0.4, 0.5) is 0 Å². The Kier molecular flexibility index (Phi) is 3.52. The highest BCUT2D eigenvalue weighted by Gasteiger charge is 2.33. The highest BCUT2D eigenvalue weighted by molar-refractivity contribution is 5.10. The number of piperidine rings is 1. The molecule has 1 aromatic heterocycles. The van der Waals surface area contributed by atoms with Crippen LogP contribution in [0.2, 0.25) is 0 Å². The summed E-state index contributed by atoms with van der Waals surface area (Å²) in [6.45, 7) is 8.86. The lowest BCUT2D eigenvalue weighted by Crippen LogP contribution is -2.42. The molecule has 0 aromatic carbocycles. The number of hydrogen-bond donors (Lipinski definition) is 1. The van der Waals surface area contributed by atoms with Gasteiger partial charge in [0, 0.05) is 25.4 Å². The molecule has 1 fully saturated rings. The van der Waals surface area contributed by atoms with E-state index in [-0.39, 0.29) is 5.41 Å². The normalized spacial score (nSPS) is 25.5. The monoisotopic (exact) mass is 236 g/mol. The quantitative estimate of drug-likeness (QED) is 0.868. The molecule has 4 nitrogen and oxygen atoms in total. The third kappa shape index (κ3) is 2.68. The van der Waals surface area contributed by atoms with Crippen molar-refractivity contribution in [3.8, 4) is 0 Å². The summed E-state index contributed by atoms with van der Waals surface area (Å²) in [5, 5.41) is 8.02. The van der Waals surface area contributed by atoms with Crippen molar-refractivity contribution >= 4 is 0 Å². The largest absolute Gasteiger partial charge is 0.316 e. The fourth-order valence-electron chi connectivity index (χ4n) is 2.66. The molecule has 0 bridgehead atoms. The SMILES string of the molecule is CC(C)Cc1nc(C2(C)CCCNC2)n(C)n1. The van der Waals surface area contributed by atoms with E-state index in [1.54, 1.807) is 0 Å². The standard InChI is InChI=1S/C13H24N4/c1-10(2)8-11-15-12(17(4)16-11)13(3)6-5-7-14-9-13/h10,14H,5-9H2,1-4H3. The van der Waals surface area contributed by atoms with Crippen LogP contribution in [0.1, 0.15) is 45.3 Å². The molecule has 1 unspecified atom stereocenters. The van der Waals surface area contributed by atoms with Gasteiger partial charge in [0.15, 0.2) is 5.82 Å². The predicted molar refractivity (Wildman–Crippen MR) is 69.0 cm³/mol. The summed E-state index contributed by atoms with van der Waals surface area (Å²) in [6.07, 6.45) is 3.40. The molecule has 1 aromatic rings. The van der Waals surface area contributed by atoms with Crippen LogP contribution in [0, 0.1) is 5.92 Å². The zero-order valence-electron chi connectivity index (χ0n) is 11.5. The molecule has 17 heavy (non-hydrogen) atoms. The van der Waals surface area contributed by atoms with Gasteiger partial charge in [0.25, 0.3) is 0 Å². The van der Waals surface area contributed by atoms with E-state index in [2.05, 4.69) is 31.2 Å². The molecule has 0 spiro atoms. The summed E-state index contributed by atoms with van der Waals surface area (Å²) >= 11 is 0. The summed E-state index contributed by atoms with van der Waals surface area (Å²) < 4.78 is 1.98. The minimum atomic E-state index is 0.148. The maximum atomic E-state index is 4.76. The second-order valence-corrected chi connectivity index (χ2v) is 5.91. The van der Waals surface area contributed by atoms with Crippen molar-refractivity contribution in [2.24, 2.45) is 13.0 Å². The van der Waals surface area contributed by atoms with E-state index >= 15 is 0 Å². The third-order valence-corrected chi connectivity index (χ3v) is 3.53. The van der Waals surface area contributed by atoms with E-state index < -0.39 is 0 Å². The Morgan fingerprint density at radius 2 is 2.24 bits per heavy atom. The Morgan fingerprint density at radius 1 is 1.47 bits per heavy atom. The van der Waals surface area contributed by atoms with Crippen LogP contribution in [0.25, 0.3) is 0 Å². The average Bonchev–Trinajstić information content (AvgIpc) is 2.60. The lowest BCUT2D eigenvalue weighted by molar-refractivity contribution is 0.314. The van der Waals surface area contributed by atoms with Crippen LogP contribution in [-0.4, -0.2) is 27.9 Å². The fourth-order valence-corrected chi connectivity index (χ4v) is 2.66. The molecule has 1 N–H and O–H groups in total. The molecule has 0 amide bonds. The van der Waals surface area contributed by atoms with Gasteiger partial charge in [0.1, 0.15) is 5.82 Å². The van der Waals surface area contributed by atoms with Crippen LogP contribution in [0.3, 0.4) is 0 Å². The van der Waals surface area contributed by atoms with Crippen molar-refractivity contribution in [3.63, 3.8) is 0 Å². The van der Waals surface area contributed by atoms with Crippen molar-refractivity contribution in [2.45, 2.75) is 45.4 Å². The topological polar surface area (TPSA) is 42.7 Å². The smallest absolute Gasteiger partial charge is 0.151 e. The molecule has 0 radical (unpaired) electrons. The van der Waals surface area contributed by atoms with Gasteiger partial charge in [-0.3, -0.25) is 4.68 Å². The van der Waals surface area contributed by atoms with Crippen LogP contribution in [0.15, 0.2) is 0 Å². The van der Waals surface area contributed by atoms with Gasteiger partial charge in [0.2, 0.25) is 0 Å². The van der Waals surface area contributed by atoms with Crippen molar-refractivity contribution in [2.75, 3.05) is 13.1 Å². The first kappa shape index (κ1) is 12.6. The van der Waals surface area contributed by atoms with Crippen molar-refractivity contribution in [3.05, 3.63) is 11.6 Å². The third-order valence-electron chi connectivity index (χ3n) is 3.53. The van der Waals surface area contributed by atoms with Crippen LogP contribution >= 0.6 is 0 Å². The molecular formula is C13H24N4. The summed E-state index contributed by atoms with van der Waals surface area (Å²) in [4.78, 5) is 4.76. The molecule has 2 rings (SSSR count). The van der Waals surface area contributed by atoms with E-state index in [0.29, 0.717) is 5.92 Å². The Balaban J connectivity index is 2.22. The zero-order valence-corrected chi connectivity index (χ0v) is 11.5. The molecule has 1 saturated heterocycles. The zero-order chi connectivity index (χ0) is 12.5. The number of nitrogens with one attached hydrogen (secondary N) is 1. The van der Waals surface area contributed by atoms with Crippen LogP contribution in [0.5, 0.6) is 0 Å². The first-order chi connectivity index (χ1) is 8.01. The average molecular weight is 236 g/mol. The molecular weight excluding hydrogens is 212 g/mol. The number of nitrogens with zero attached hydrogens (tertiary/aromatic N) is 3. The highest BCUT2D eigenvalue weighted by atomic mass is 15.3. The minimum absolute atomic E-state index is 0.148. The number of aromatic nitrogens is 3. The molecule has 1 aliphatic rings. The Morgan fingerprint density at radius 3 is 2.82 bits per heavy atom. The summed E-state index contributed by atoms with van der Waals surface area (Å²) in [7, 11) is 2.02. The maximum absolute atomic E-state index is 4.76. The number of rotatable bonds is 3. The van der Waals surface area contributed by atoms with Crippen molar-refractivity contribution in [1.82, 2.24) is 20.1 Å². The molecule has 0 aliphatic carbocycles. The fraction of sp³-hybridized carbons (Fsp3) is 0.846. The predicted octanol–water partition coefficient (Wildman–Crippen LogP) is 1.65. The van der Waals surface area contributed by atoms with Crippen LogP contribution < -0.4 is 5.32 Å². The maximum Gasteiger partial charge on any atom is 0.151 e. The minimum Gasteiger partial charge on any atom is -0.316 e. The Labute approximate surface area is 104 Å². The molecule has 1 aliphatic heterocycles. The van der Waals surface area contributed by atoms with Gasteiger partial charge in [-0.05, 0) is 25.3 Å². The van der Waals surface area contributed by atoms with Gasteiger partial charge in [0.05, 0.1) is 0 Å². The van der Waals surface area contributed by atoms with Crippen LogP contribution in [-0.2, 0) is 18.9 Å². The van der Waals surface area contributed by atoms with E-state index in [1.807, 2.05) is 11.7 Å². The molecule has 96 valence electrons. The summed E-state index contributed by atoms with van der Waals surface area (Å²) in [5.74, 6) is 2.74. The lowest BCUT2D eigenvalue weighted by atomic mass is 9.82. The van der Waals surface area contributed by atoms with Crippen molar-refractivity contribution < 1.29 is 0 Å². The van der Waals surface area contributed by atoms with E-state index in [9.17, 15) is 0 Å². The summed E-state index contributed by atoms with van der Waals surface area (Å²) in [5.41, 5.74) is 0.148. The van der Waals surface area contributed by atoms with E-state index in [1.165, 1.54) is 12.8 Å². The van der Waals surface area contributed by atoms with Crippen molar-refractivity contribution in [1.29, 1.82) is 0 Å². The van der Waals surface area contributed by atoms with Gasteiger partial charge in [-0.2, -0.15) is 5.10 Å². The second kappa shape index (κ2) is 4.77.